The Balaban J connectivity index is 1.35. The van der Waals surface area contributed by atoms with Crippen molar-refractivity contribution in [3.63, 3.8) is 0 Å². The molecule has 0 spiro atoms. The molecule has 2 aliphatic heterocycles. The van der Waals surface area contributed by atoms with E-state index in [0.29, 0.717) is 0 Å². The van der Waals surface area contributed by atoms with Crippen molar-refractivity contribution in [3.05, 3.63) is 29.3 Å². The molecule has 152 valence electrons. The molecule has 7 nitrogen and oxygen atoms in total. The van der Waals surface area contributed by atoms with E-state index in [1.807, 2.05) is 0 Å². The number of benzene rings is 1. The number of hydrogen-bond donors (Lipinski definition) is 2. The second kappa shape index (κ2) is 7.93. The Morgan fingerprint density at radius 1 is 0.964 bits per heavy atom. The van der Waals surface area contributed by atoms with E-state index in [0.717, 1.165) is 38.4 Å². The Morgan fingerprint density at radius 2 is 1.64 bits per heavy atom. The van der Waals surface area contributed by atoms with Gasteiger partial charge in [0.25, 0.3) is 11.8 Å². The molecular weight excluding hydrogens is 378 g/mol. The van der Waals surface area contributed by atoms with Crippen LogP contribution in [0.4, 0.5) is 0 Å². The molecule has 8 heteroatoms. The summed E-state index contributed by atoms with van der Waals surface area (Å²) in [4.78, 5) is 25.9. The van der Waals surface area contributed by atoms with E-state index in [9.17, 15) is 18.0 Å². The summed E-state index contributed by atoms with van der Waals surface area (Å²) >= 11 is 0. The number of hydrogen-bond acceptors (Lipinski definition) is 5. The largest absolute Gasteiger partial charge is 0.303 e. The maximum Gasteiger partial charge on any atom is 0.258 e. The van der Waals surface area contributed by atoms with Crippen LogP contribution in [0.5, 0.6) is 0 Å². The van der Waals surface area contributed by atoms with Crippen LogP contribution in [-0.2, 0) is 10.0 Å². The number of piperidine rings is 1. The number of carbonyl (C=O) groups excluding carboxylic acids is 2. The maximum absolute atomic E-state index is 12.7. The summed E-state index contributed by atoms with van der Waals surface area (Å²) in [6.07, 6.45) is 8.25. The SMILES string of the molecule is O=C1NC(=O)c2cc(S(=O)(=O)NC3CCN(CC4CCCCC4)CC3)ccc21. The molecule has 2 heterocycles. The van der Waals surface area contributed by atoms with E-state index in [1.54, 1.807) is 0 Å². The monoisotopic (exact) mass is 405 g/mol. The van der Waals surface area contributed by atoms with Crippen LogP contribution in [-0.4, -0.2) is 50.8 Å². The lowest BCUT2D eigenvalue weighted by atomic mass is 9.88. The summed E-state index contributed by atoms with van der Waals surface area (Å²) in [5, 5.41) is 2.18. The van der Waals surface area contributed by atoms with Crippen LogP contribution in [0.1, 0.15) is 65.7 Å². The van der Waals surface area contributed by atoms with Crippen LogP contribution in [0.3, 0.4) is 0 Å². The van der Waals surface area contributed by atoms with Crippen LogP contribution in [0.15, 0.2) is 23.1 Å². The van der Waals surface area contributed by atoms with Crippen LogP contribution < -0.4 is 10.0 Å². The number of imide groups is 1. The van der Waals surface area contributed by atoms with E-state index in [1.165, 1.54) is 50.3 Å². The summed E-state index contributed by atoms with van der Waals surface area (Å²) in [6, 6.07) is 3.97. The van der Waals surface area contributed by atoms with E-state index < -0.39 is 21.8 Å². The van der Waals surface area contributed by atoms with E-state index in [-0.39, 0.29) is 22.1 Å². The molecule has 1 aromatic carbocycles. The zero-order valence-electron chi connectivity index (χ0n) is 15.9. The molecule has 28 heavy (non-hydrogen) atoms. The number of amides is 2. The van der Waals surface area contributed by atoms with E-state index in [2.05, 4.69) is 14.9 Å². The van der Waals surface area contributed by atoms with Crippen molar-refractivity contribution in [1.29, 1.82) is 0 Å². The van der Waals surface area contributed by atoms with Crippen molar-refractivity contribution in [1.82, 2.24) is 14.9 Å². The fourth-order valence-electron chi connectivity index (χ4n) is 4.57. The minimum Gasteiger partial charge on any atom is -0.303 e. The first-order chi connectivity index (χ1) is 13.4. The van der Waals surface area contributed by atoms with Crippen LogP contribution in [0.25, 0.3) is 0 Å². The first-order valence-corrected chi connectivity index (χ1v) is 11.6. The van der Waals surface area contributed by atoms with Gasteiger partial charge in [0.2, 0.25) is 10.0 Å². The molecule has 0 radical (unpaired) electrons. The summed E-state index contributed by atoms with van der Waals surface area (Å²) < 4.78 is 28.3. The topological polar surface area (TPSA) is 95.6 Å². The Hall–Kier alpha value is -1.77. The predicted molar refractivity (Wildman–Crippen MR) is 105 cm³/mol. The van der Waals surface area contributed by atoms with Gasteiger partial charge in [0, 0.05) is 12.6 Å². The van der Waals surface area contributed by atoms with Crippen LogP contribution in [0, 0.1) is 5.92 Å². The lowest BCUT2D eigenvalue weighted by Crippen LogP contribution is -2.45. The molecule has 1 saturated heterocycles. The third-order valence-corrected chi connectivity index (χ3v) is 7.69. The highest BCUT2D eigenvalue weighted by Gasteiger charge is 2.30. The van der Waals surface area contributed by atoms with Gasteiger partial charge in [0.15, 0.2) is 0 Å². The fraction of sp³-hybridized carbons (Fsp3) is 0.600. The van der Waals surface area contributed by atoms with Gasteiger partial charge in [0.05, 0.1) is 16.0 Å². The van der Waals surface area contributed by atoms with Crippen molar-refractivity contribution in [2.24, 2.45) is 5.92 Å². The number of nitrogens with zero attached hydrogens (tertiary/aromatic N) is 1. The Bertz CT molecular complexity index is 869. The molecule has 0 unspecified atom stereocenters. The van der Waals surface area contributed by atoms with E-state index in [4.69, 9.17) is 0 Å². The second-order valence-electron chi connectivity index (χ2n) is 8.19. The predicted octanol–water partition coefficient (Wildman–Crippen LogP) is 1.89. The van der Waals surface area contributed by atoms with Gasteiger partial charge < -0.3 is 4.90 Å². The Morgan fingerprint density at radius 3 is 2.36 bits per heavy atom. The third kappa shape index (κ3) is 4.14. The van der Waals surface area contributed by atoms with Crippen molar-refractivity contribution < 1.29 is 18.0 Å². The molecule has 2 fully saturated rings. The van der Waals surface area contributed by atoms with Gasteiger partial charge in [-0.2, -0.15) is 0 Å². The summed E-state index contributed by atoms with van der Waals surface area (Å²) in [6.45, 7) is 2.95. The maximum atomic E-state index is 12.7. The molecular formula is C20H27N3O4S. The highest BCUT2D eigenvalue weighted by Crippen LogP contribution is 2.26. The molecule has 2 amide bonds. The van der Waals surface area contributed by atoms with Crippen LogP contribution >= 0.6 is 0 Å². The van der Waals surface area contributed by atoms with Gasteiger partial charge in [0.1, 0.15) is 0 Å². The minimum atomic E-state index is -3.73. The van der Waals surface area contributed by atoms with Crippen molar-refractivity contribution in [2.45, 2.75) is 55.9 Å². The molecule has 0 bridgehead atoms. The number of fused-ring (bicyclic) bond motifs is 1. The standard InChI is InChI=1S/C20H27N3O4S/c24-19-17-7-6-16(12-18(17)20(25)21-19)28(26,27)22-15-8-10-23(11-9-15)13-14-4-2-1-3-5-14/h6-7,12,14-15,22H,1-5,8-11,13H2,(H,21,24,25). The highest BCUT2D eigenvalue weighted by atomic mass is 32.2. The van der Waals surface area contributed by atoms with Gasteiger partial charge in [-0.05, 0) is 62.9 Å². The minimum absolute atomic E-state index is 0.0285. The summed E-state index contributed by atoms with van der Waals surface area (Å²) in [5.74, 6) is -0.238. The quantitative estimate of drug-likeness (QED) is 0.730. The molecule has 1 aliphatic carbocycles. The summed E-state index contributed by atoms with van der Waals surface area (Å²) in [7, 11) is -3.73. The molecule has 4 rings (SSSR count). The Labute approximate surface area is 165 Å². The zero-order valence-corrected chi connectivity index (χ0v) is 16.8. The van der Waals surface area contributed by atoms with Crippen molar-refractivity contribution in [2.75, 3.05) is 19.6 Å². The molecule has 3 aliphatic rings. The number of carbonyl (C=O) groups is 2. The second-order valence-corrected chi connectivity index (χ2v) is 9.90. The van der Waals surface area contributed by atoms with E-state index >= 15 is 0 Å². The van der Waals surface area contributed by atoms with Gasteiger partial charge >= 0.3 is 0 Å². The first kappa shape index (κ1) is 19.5. The van der Waals surface area contributed by atoms with Gasteiger partial charge in [-0.3, -0.25) is 14.9 Å². The van der Waals surface area contributed by atoms with Crippen molar-refractivity contribution in [3.8, 4) is 0 Å². The lowest BCUT2D eigenvalue weighted by molar-refractivity contribution is 0.0879. The average Bonchev–Trinajstić information content (AvgIpc) is 2.97. The molecule has 2 N–H and O–H groups in total. The summed E-state index contributed by atoms with van der Waals surface area (Å²) in [5.41, 5.74) is 0.343. The highest BCUT2D eigenvalue weighted by molar-refractivity contribution is 7.89. The fourth-order valence-corrected chi connectivity index (χ4v) is 5.90. The smallest absolute Gasteiger partial charge is 0.258 e. The third-order valence-electron chi connectivity index (χ3n) is 6.17. The molecule has 0 atom stereocenters. The Kier molecular flexibility index (Phi) is 5.53. The molecule has 0 aromatic heterocycles. The average molecular weight is 406 g/mol. The van der Waals surface area contributed by atoms with Gasteiger partial charge in [-0.25, -0.2) is 13.1 Å². The van der Waals surface area contributed by atoms with Gasteiger partial charge in [-0.1, -0.05) is 19.3 Å². The normalized spacial score (nSPS) is 22.3. The van der Waals surface area contributed by atoms with Crippen LogP contribution in [0.2, 0.25) is 0 Å². The number of nitrogens with one attached hydrogen (secondary N) is 2. The van der Waals surface area contributed by atoms with Gasteiger partial charge in [-0.15, -0.1) is 0 Å². The molecule has 1 saturated carbocycles. The zero-order chi connectivity index (χ0) is 19.7. The number of likely N-dealkylation sites (tertiary alicyclic amines) is 1. The lowest BCUT2D eigenvalue weighted by Gasteiger charge is -2.35. The van der Waals surface area contributed by atoms with Crippen molar-refractivity contribution >= 4 is 21.8 Å². The number of rotatable bonds is 5. The molecule has 1 aromatic rings. The first-order valence-electron chi connectivity index (χ1n) is 10.2. The number of sulfonamides is 1.